The first-order valence-corrected chi connectivity index (χ1v) is 8.77. The van der Waals surface area contributed by atoms with Crippen LogP contribution >= 0.6 is 0 Å². The Bertz CT molecular complexity index is 524. The molecule has 0 aromatic carbocycles. The fraction of sp³-hybridized carbons (Fsp3) is 0.778. The topological polar surface area (TPSA) is 59.5 Å². The lowest BCUT2D eigenvalue weighted by atomic mass is 9.95. The van der Waals surface area contributed by atoms with Gasteiger partial charge in [-0.2, -0.15) is 0 Å². The van der Waals surface area contributed by atoms with Crippen molar-refractivity contribution in [3.63, 3.8) is 0 Å². The Morgan fingerprint density at radius 2 is 1.92 bits per heavy atom. The van der Waals surface area contributed by atoms with Crippen molar-refractivity contribution in [2.75, 3.05) is 38.7 Å². The van der Waals surface area contributed by atoms with Gasteiger partial charge in [0.05, 0.1) is 25.5 Å². The molecule has 1 aliphatic rings. The van der Waals surface area contributed by atoms with Gasteiger partial charge in [-0.15, -0.1) is 0 Å². The second-order valence-corrected chi connectivity index (χ2v) is 7.57. The summed E-state index contributed by atoms with van der Waals surface area (Å²) in [5, 5.41) is 3.56. The van der Waals surface area contributed by atoms with E-state index in [9.17, 15) is 0 Å². The van der Waals surface area contributed by atoms with Crippen molar-refractivity contribution in [3.05, 3.63) is 17.6 Å². The molecule has 1 aromatic heterocycles. The lowest BCUT2D eigenvalue weighted by Crippen LogP contribution is -2.48. The number of anilines is 1. The highest BCUT2D eigenvalue weighted by molar-refractivity contribution is 5.38. The smallest absolute Gasteiger partial charge is 0.136 e. The first-order chi connectivity index (χ1) is 11.3. The van der Waals surface area contributed by atoms with Crippen LogP contribution in [0.2, 0.25) is 0 Å². The number of aromatic nitrogens is 2. The molecule has 0 aliphatic carbocycles. The third-order valence-corrected chi connectivity index (χ3v) is 4.46. The van der Waals surface area contributed by atoms with Gasteiger partial charge in [0.2, 0.25) is 0 Å². The molecule has 1 aromatic rings. The van der Waals surface area contributed by atoms with Crippen molar-refractivity contribution in [2.45, 2.75) is 58.7 Å². The molecule has 0 radical (unpaired) electrons. The second-order valence-electron chi connectivity index (χ2n) is 7.57. The summed E-state index contributed by atoms with van der Waals surface area (Å²) < 4.78 is 10.7. The number of nitrogens with zero attached hydrogens (tertiary/aromatic N) is 3. The van der Waals surface area contributed by atoms with E-state index in [-0.39, 0.29) is 11.5 Å². The maximum atomic E-state index is 5.45. The third-order valence-electron chi connectivity index (χ3n) is 4.46. The van der Waals surface area contributed by atoms with E-state index < -0.39 is 0 Å². The van der Waals surface area contributed by atoms with Gasteiger partial charge < -0.3 is 14.8 Å². The number of nitrogens with one attached hydrogen (secondary N) is 1. The van der Waals surface area contributed by atoms with Crippen molar-refractivity contribution in [3.8, 4) is 0 Å². The molecule has 0 amide bonds. The van der Waals surface area contributed by atoms with Crippen LogP contribution < -0.4 is 5.32 Å². The average molecular weight is 336 g/mol. The number of rotatable bonds is 6. The van der Waals surface area contributed by atoms with E-state index in [0.717, 1.165) is 43.6 Å². The molecule has 6 nitrogen and oxygen atoms in total. The van der Waals surface area contributed by atoms with E-state index in [0.29, 0.717) is 12.6 Å². The van der Waals surface area contributed by atoms with Crippen LogP contribution in [-0.4, -0.2) is 60.4 Å². The molecule has 2 atom stereocenters. The molecule has 2 heterocycles. The van der Waals surface area contributed by atoms with Gasteiger partial charge in [-0.25, -0.2) is 9.97 Å². The lowest BCUT2D eigenvalue weighted by Gasteiger charge is -2.36. The van der Waals surface area contributed by atoms with Crippen LogP contribution in [0.4, 0.5) is 5.82 Å². The molecule has 2 unspecified atom stereocenters. The van der Waals surface area contributed by atoms with Gasteiger partial charge in [-0.1, -0.05) is 20.8 Å². The summed E-state index contributed by atoms with van der Waals surface area (Å²) in [5.74, 6) is 1.71. The molecule has 24 heavy (non-hydrogen) atoms. The van der Waals surface area contributed by atoms with Gasteiger partial charge in [0.15, 0.2) is 0 Å². The number of hydrogen-bond acceptors (Lipinski definition) is 6. The zero-order valence-electron chi connectivity index (χ0n) is 15.9. The largest absolute Gasteiger partial charge is 0.379 e. The van der Waals surface area contributed by atoms with Crippen molar-refractivity contribution in [2.24, 2.45) is 0 Å². The zero-order valence-corrected chi connectivity index (χ0v) is 15.9. The molecule has 0 saturated carbocycles. The van der Waals surface area contributed by atoms with Crippen LogP contribution in [0.15, 0.2) is 6.07 Å². The Morgan fingerprint density at radius 3 is 2.50 bits per heavy atom. The molecule has 0 spiro atoms. The monoisotopic (exact) mass is 336 g/mol. The number of ether oxygens (including phenoxy) is 2. The Labute approximate surface area is 146 Å². The highest BCUT2D eigenvalue weighted by Crippen LogP contribution is 2.22. The molecular formula is C18H32N4O2. The molecule has 1 N–H and O–H groups in total. The minimum absolute atomic E-state index is 0.0980. The molecule has 1 aliphatic heterocycles. The van der Waals surface area contributed by atoms with Gasteiger partial charge in [0, 0.05) is 43.8 Å². The first kappa shape index (κ1) is 19.1. The van der Waals surface area contributed by atoms with Gasteiger partial charge in [-0.05, 0) is 13.8 Å². The summed E-state index contributed by atoms with van der Waals surface area (Å²) in [6.07, 6.45) is 0. The zero-order chi connectivity index (χ0) is 17.7. The van der Waals surface area contributed by atoms with E-state index in [1.807, 2.05) is 6.07 Å². The SMILES string of the molecule is COCc1cc(NC(C)C(C)N2CCOCC2)nc(C(C)(C)C)n1. The lowest BCUT2D eigenvalue weighted by molar-refractivity contribution is 0.0175. The van der Waals surface area contributed by atoms with Crippen LogP contribution in [0.3, 0.4) is 0 Å². The van der Waals surface area contributed by atoms with Crippen molar-refractivity contribution >= 4 is 5.82 Å². The summed E-state index contributed by atoms with van der Waals surface area (Å²) in [6, 6.07) is 2.68. The van der Waals surface area contributed by atoms with Crippen LogP contribution in [-0.2, 0) is 21.5 Å². The molecule has 0 bridgehead atoms. The fourth-order valence-electron chi connectivity index (χ4n) is 2.78. The fourth-order valence-corrected chi connectivity index (χ4v) is 2.78. The molecule has 1 saturated heterocycles. The second kappa shape index (κ2) is 8.23. The van der Waals surface area contributed by atoms with E-state index >= 15 is 0 Å². The van der Waals surface area contributed by atoms with Crippen molar-refractivity contribution in [1.82, 2.24) is 14.9 Å². The molecule has 136 valence electrons. The van der Waals surface area contributed by atoms with E-state index in [1.54, 1.807) is 7.11 Å². The van der Waals surface area contributed by atoms with E-state index in [2.05, 4.69) is 49.8 Å². The Balaban J connectivity index is 2.13. The minimum Gasteiger partial charge on any atom is -0.379 e. The Hall–Kier alpha value is -1.24. The summed E-state index contributed by atoms with van der Waals surface area (Å²) in [7, 11) is 1.69. The standard InChI is InChI=1S/C18H32N4O2/c1-13(14(2)22-7-9-24-10-8-22)19-16-11-15(12-23-6)20-17(21-16)18(3,4)5/h11,13-14H,7-10,12H2,1-6H3,(H,19,20,21). The van der Waals surface area contributed by atoms with Crippen LogP contribution in [0.25, 0.3) is 0 Å². The summed E-state index contributed by atoms with van der Waals surface area (Å²) in [6.45, 7) is 14.9. The van der Waals surface area contributed by atoms with E-state index in [1.165, 1.54) is 0 Å². The number of morpholine rings is 1. The minimum atomic E-state index is -0.0980. The summed E-state index contributed by atoms with van der Waals surface area (Å²) >= 11 is 0. The summed E-state index contributed by atoms with van der Waals surface area (Å²) in [5.41, 5.74) is 0.811. The number of hydrogen-bond donors (Lipinski definition) is 1. The molecule has 6 heteroatoms. The molecule has 1 fully saturated rings. The Kier molecular flexibility index (Phi) is 6.54. The molecular weight excluding hydrogens is 304 g/mol. The normalized spacial score (nSPS) is 19.1. The van der Waals surface area contributed by atoms with Gasteiger partial charge in [0.25, 0.3) is 0 Å². The maximum Gasteiger partial charge on any atom is 0.136 e. The summed E-state index contributed by atoms with van der Waals surface area (Å²) in [4.78, 5) is 11.8. The maximum absolute atomic E-state index is 5.45. The van der Waals surface area contributed by atoms with Crippen LogP contribution in [0, 0.1) is 0 Å². The highest BCUT2D eigenvalue weighted by atomic mass is 16.5. The van der Waals surface area contributed by atoms with Gasteiger partial charge >= 0.3 is 0 Å². The molecule has 2 rings (SSSR count). The predicted octanol–water partition coefficient (Wildman–Crippen LogP) is 2.44. The van der Waals surface area contributed by atoms with Gasteiger partial charge in [-0.3, -0.25) is 4.90 Å². The van der Waals surface area contributed by atoms with Crippen LogP contribution in [0.1, 0.15) is 46.1 Å². The predicted molar refractivity (Wildman–Crippen MR) is 96.4 cm³/mol. The number of methoxy groups -OCH3 is 1. The first-order valence-electron chi connectivity index (χ1n) is 8.77. The quantitative estimate of drug-likeness (QED) is 0.861. The average Bonchev–Trinajstić information content (AvgIpc) is 2.54. The Morgan fingerprint density at radius 1 is 1.25 bits per heavy atom. The van der Waals surface area contributed by atoms with Crippen LogP contribution in [0.5, 0.6) is 0 Å². The van der Waals surface area contributed by atoms with E-state index in [4.69, 9.17) is 14.5 Å². The van der Waals surface area contributed by atoms with Gasteiger partial charge in [0.1, 0.15) is 11.6 Å². The highest BCUT2D eigenvalue weighted by Gasteiger charge is 2.24. The van der Waals surface area contributed by atoms with Crippen molar-refractivity contribution in [1.29, 1.82) is 0 Å². The third kappa shape index (κ3) is 5.13. The van der Waals surface area contributed by atoms with Crippen molar-refractivity contribution < 1.29 is 9.47 Å².